The van der Waals surface area contributed by atoms with E-state index in [1.54, 1.807) is 0 Å². The maximum atomic E-state index is 13.7. The van der Waals surface area contributed by atoms with E-state index in [2.05, 4.69) is 39.5 Å². The predicted molar refractivity (Wildman–Crippen MR) is 54.6 cm³/mol. The molecule has 78 valence electrons. The van der Waals surface area contributed by atoms with Crippen LogP contribution in [0.25, 0.3) is 0 Å². The third-order valence-electron chi connectivity index (χ3n) is 2.91. The Hall–Kier alpha value is -0.110. The van der Waals surface area contributed by atoms with Gasteiger partial charge < -0.3 is 0 Å². The summed E-state index contributed by atoms with van der Waals surface area (Å²) in [6.07, 6.45) is 0.0718. The lowest BCUT2D eigenvalue weighted by Gasteiger charge is -2.38. The Bertz CT molecular complexity index is 171. The minimum atomic E-state index is -0.637. The van der Waals surface area contributed by atoms with Crippen LogP contribution in [0.2, 0.25) is 0 Å². The molecule has 0 radical (unpaired) electrons. The number of halogens is 1. The normalized spacial score (nSPS) is 31.6. The summed E-state index contributed by atoms with van der Waals surface area (Å²) in [5, 5.41) is 0. The highest BCUT2D eigenvalue weighted by Crippen LogP contribution is 2.35. The van der Waals surface area contributed by atoms with E-state index in [9.17, 15) is 4.39 Å². The summed E-state index contributed by atoms with van der Waals surface area (Å²) in [6.45, 7) is 11.6. The van der Waals surface area contributed by atoms with Crippen molar-refractivity contribution in [3.05, 3.63) is 0 Å². The molecule has 2 atom stereocenters. The average Bonchev–Trinajstić information content (AvgIpc) is 2.28. The van der Waals surface area contributed by atoms with Crippen LogP contribution < -0.4 is 0 Å². The highest BCUT2D eigenvalue weighted by atomic mass is 19.1. The fourth-order valence-corrected chi connectivity index (χ4v) is 2.40. The lowest BCUT2D eigenvalue weighted by atomic mass is 9.84. The van der Waals surface area contributed by atoms with Crippen LogP contribution in [0.3, 0.4) is 0 Å². The lowest BCUT2D eigenvalue weighted by Crippen LogP contribution is -2.46. The van der Waals surface area contributed by atoms with Crippen molar-refractivity contribution in [1.82, 2.24) is 4.90 Å². The summed E-state index contributed by atoms with van der Waals surface area (Å²) in [6, 6.07) is 0.567. The Morgan fingerprint density at radius 1 is 1.31 bits per heavy atom. The molecule has 0 aromatic rings. The molecule has 0 spiro atoms. The highest BCUT2D eigenvalue weighted by Gasteiger charge is 2.42. The predicted octanol–water partition coefficient (Wildman–Crippen LogP) is 2.85. The number of nitrogens with zero attached hydrogens (tertiary/aromatic N) is 1. The van der Waals surface area contributed by atoms with E-state index in [4.69, 9.17) is 0 Å². The molecule has 0 aromatic carbocycles. The molecule has 1 aliphatic heterocycles. The molecule has 0 unspecified atom stereocenters. The average molecular weight is 187 g/mol. The van der Waals surface area contributed by atoms with E-state index in [0.29, 0.717) is 12.5 Å². The van der Waals surface area contributed by atoms with Crippen molar-refractivity contribution in [2.45, 2.75) is 59.3 Å². The van der Waals surface area contributed by atoms with Gasteiger partial charge in [0.2, 0.25) is 0 Å². The van der Waals surface area contributed by atoms with Crippen molar-refractivity contribution < 1.29 is 4.39 Å². The Labute approximate surface area is 81.3 Å². The summed E-state index contributed by atoms with van der Waals surface area (Å²) in [5.74, 6) is 0. The largest absolute Gasteiger partial charge is 0.294 e. The molecule has 2 heteroatoms. The van der Waals surface area contributed by atoms with Gasteiger partial charge in [0.25, 0.3) is 0 Å². The molecule has 1 nitrogen and oxygen atoms in total. The van der Waals surface area contributed by atoms with Crippen molar-refractivity contribution in [3.63, 3.8) is 0 Å². The van der Waals surface area contributed by atoms with E-state index in [-0.39, 0.29) is 11.5 Å². The van der Waals surface area contributed by atoms with E-state index < -0.39 is 6.17 Å². The summed E-state index contributed by atoms with van der Waals surface area (Å²) in [7, 11) is 0. The second-order valence-corrected chi connectivity index (χ2v) is 5.45. The number of likely N-dealkylation sites (tertiary alicyclic amines) is 1. The van der Waals surface area contributed by atoms with E-state index in [1.807, 2.05) is 0 Å². The van der Waals surface area contributed by atoms with Gasteiger partial charge in [-0.2, -0.15) is 0 Å². The number of alkyl halides is 1. The van der Waals surface area contributed by atoms with Crippen LogP contribution in [-0.4, -0.2) is 29.7 Å². The van der Waals surface area contributed by atoms with Crippen molar-refractivity contribution in [2.24, 2.45) is 5.41 Å². The smallest absolute Gasteiger partial charge is 0.117 e. The summed E-state index contributed by atoms with van der Waals surface area (Å²) >= 11 is 0. The second kappa shape index (κ2) is 3.56. The zero-order chi connectivity index (χ0) is 10.2. The molecular weight excluding hydrogens is 165 g/mol. The van der Waals surface area contributed by atoms with Crippen molar-refractivity contribution >= 4 is 0 Å². The molecule has 0 aromatic heterocycles. The first-order valence-corrected chi connectivity index (χ1v) is 5.24. The first kappa shape index (κ1) is 11.0. The van der Waals surface area contributed by atoms with Crippen molar-refractivity contribution in [3.8, 4) is 0 Å². The summed E-state index contributed by atoms with van der Waals surface area (Å²) in [5.41, 5.74) is 0.0557. The van der Waals surface area contributed by atoms with Gasteiger partial charge in [0.1, 0.15) is 6.17 Å². The van der Waals surface area contributed by atoms with Crippen LogP contribution in [0.1, 0.15) is 41.0 Å². The highest BCUT2D eigenvalue weighted by molar-refractivity contribution is 4.95. The molecule has 1 heterocycles. The molecular formula is C11H22FN. The number of hydrogen-bond acceptors (Lipinski definition) is 1. The molecule has 1 rings (SSSR count). The summed E-state index contributed by atoms with van der Waals surface area (Å²) < 4.78 is 13.7. The van der Waals surface area contributed by atoms with Crippen LogP contribution in [0.4, 0.5) is 4.39 Å². The zero-order valence-electron chi connectivity index (χ0n) is 9.47. The molecule has 13 heavy (non-hydrogen) atoms. The molecule has 0 amide bonds. The molecule has 1 aliphatic rings. The van der Waals surface area contributed by atoms with Crippen LogP contribution in [0, 0.1) is 5.41 Å². The monoisotopic (exact) mass is 187 g/mol. The van der Waals surface area contributed by atoms with Crippen LogP contribution >= 0.6 is 0 Å². The maximum Gasteiger partial charge on any atom is 0.117 e. The van der Waals surface area contributed by atoms with E-state index in [1.165, 1.54) is 0 Å². The van der Waals surface area contributed by atoms with Crippen LogP contribution in [0.15, 0.2) is 0 Å². The first-order chi connectivity index (χ1) is 5.84. The Morgan fingerprint density at radius 2 is 1.85 bits per heavy atom. The number of hydrogen-bond donors (Lipinski definition) is 0. The molecule has 0 N–H and O–H groups in total. The van der Waals surface area contributed by atoms with Gasteiger partial charge in [0.05, 0.1) is 0 Å². The zero-order valence-corrected chi connectivity index (χ0v) is 9.47. The molecule has 1 saturated heterocycles. The molecule has 0 aliphatic carbocycles. The fourth-order valence-electron chi connectivity index (χ4n) is 2.40. The van der Waals surface area contributed by atoms with Gasteiger partial charge in [0.15, 0.2) is 0 Å². The molecule has 1 fully saturated rings. The van der Waals surface area contributed by atoms with Crippen LogP contribution in [-0.2, 0) is 0 Å². The number of rotatable bonds is 1. The van der Waals surface area contributed by atoms with E-state index in [0.717, 1.165) is 6.54 Å². The van der Waals surface area contributed by atoms with Gasteiger partial charge in [-0.3, -0.25) is 4.90 Å². The van der Waals surface area contributed by atoms with Gasteiger partial charge in [0, 0.05) is 18.6 Å². The Kier molecular flexibility index (Phi) is 3.01. The van der Waals surface area contributed by atoms with E-state index >= 15 is 0 Å². The van der Waals surface area contributed by atoms with Crippen LogP contribution in [0.5, 0.6) is 0 Å². The first-order valence-electron chi connectivity index (χ1n) is 5.24. The minimum Gasteiger partial charge on any atom is -0.294 e. The standard InChI is InChI=1S/C11H22FN/c1-8(2)13-7-6-9(12)10(13)11(3,4)5/h8-10H,6-7H2,1-5H3/t9-,10+/m1/s1. The summed E-state index contributed by atoms with van der Waals surface area (Å²) in [4.78, 5) is 2.30. The van der Waals surface area contributed by atoms with Gasteiger partial charge in [-0.05, 0) is 25.7 Å². The quantitative estimate of drug-likeness (QED) is 0.610. The topological polar surface area (TPSA) is 3.24 Å². The van der Waals surface area contributed by atoms with Crippen molar-refractivity contribution in [2.75, 3.05) is 6.54 Å². The third kappa shape index (κ3) is 2.22. The fraction of sp³-hybridized carbons (Fsp3) is 1.00. The van der Waals surface area contributed by atoms with Gasteiger partial charge in [-0.25, -0.2) is 4.39 Å². The lowest BCUT2D eigenvalue weighted by molar-refractivity contribution is 0.0706. The Balaban J connectivity index is 2.77. The maximum absolute atomic E-state index is 13.7. The minimum absolute atomic E-state index is 0.0557. The van der Waals surface area contributed by atoms with Gasteiger partial charge in [-0.15, -0.1) is 0 Å². The Morgan fingerprint density at radius 3 is 2.15 bits per heavy atom. The SMILES string of the molecule is CC(C)N1CC[C@@H](F)[C@H]1C(C)(C)C. The van der Waals surface area contributed by atoms with Gasteiger partial charge in [-0.1, -0.05) is 20.8 Å². The molecule has 0 bridgehead atoms. The van der Waals surface area contributed by atoms with Gasteiger partial charge >= 0.3 is 0 Å². The van der Waals surface area contributed by atoms with Crippen molar-refractivity contribution in [1.29, 1.82) is 0 Å². The second-order valence-electron chi connectivity index (χ2n) is 5.45. The molecule has 0 saturated carbocycles. The third-order valence-corrected chi connectivity index (χ3v) is 2.91.